The van der Waals surface area contributed by atoms with Gasteiger partial charge in [0.15, 0.2) is 0 Å². The van der Waals surface area contributed by atoms with Gasteiger partial charge in [0.25, 0.3) is 0 Å². The van der Waals surface area contributed by atoms with Gasteiger partial charge in [-0.05, 0) is 55.7 Å². The molecule has 0 amide bonds. The molecule has 0 unspecified atom stereocenters. The Hall–Kier alpha value is -1.58. The highest BCUT2D eigenvalue weighted by atomic mass is 16.3. The highest BCUT2D eigenvalue weighted by Crippen LogP contribution is 2.42. The number of aryl methyl sites for hydroxylation is 1. The van der Waals surface area contributed by atoms with E-state index in [1.54, 1.807) is 0 Å². The van der Waals surface area contributed by atoms with Gasteiger partial charge in [-0.15, -0.1) is 0 Å². The van der Waals surface area contributed by atoms with Gasteiger partial charge in [0, 0.05) is 36.2 Å². The van der Waals surface area contributed by atoms with E-state index < -0.39 is 5.60 Å². The van der Waals surface area contributed by atoms with Crippen LogP contribution in [0.5, 0.6) is 0 Å². The van der Waals surface area contributed by atoms with Crippen molar-refractivity contribution in [1.29, 1.82) is 0 Å². The maximum absolute atomic E-state index is 10.6. The standard InChI is InChI=1S/C21H28N2O/c1-4-5-6-10-23-13-15-11-19-17(12-21(2,24)14-22(19)3)16-8-7-9-18(23)20(15)16/h7-9,12-13,19,24H,4-6,10-11,14H2,1-3H3/t19-,21+/m1/s1. The lowest BCUT2D eigenvalue weighted by atomic mass is 9.79. The number of β-amino-alcohol motifs (C(OH)–C–C–N with tert-alkyl or cyclic N) is 1. The first-order valence-corrected chi connectivity index (χ1v) is 9.26. The highest BCUT2D eigenvalue weighted by Gasteiger charge is 2.37. The molecule has 2 atom stereocenters. The van der Waals surface area contributed by atoms with Crippen LogP contribution in [0.4, 0.5) is 0 Å². The number of nitrogens with zero attached hydrogens (tertiary/aromatic N) is 2. The van der Waals surface area contributed by atoms with E-state index in [2.05, 4.69) is 53.9 Å². The Labute approximate surface area is 144 Å². The smallest absolute Gasteiger partial charge is 0.0932 e. The van der Waals surface area contributed by atoms with E-state index in [4.69, 9.17) is 0 Å². The Bertz CT molecular complexity index is 800. The summed E-state index contributed by atoms with van der Waals surface area (Å²) >= 11 is 0. The summed E-state index contributed by atoms with van der Waals surface area (Å²) in [6, 6.07) is 7.04. The van der Waals surface area contributed by atoms with E-state index in [0.717, 1.165) is 13.0 Å². The van der Waals surface area contributed by atoms with E-state index in [0.29, 0.717) is 12.6 Å². The summed E-state index contributed by atoms with van der Waals surface area (Å²) in [5, 5.41) is 12.0. The summed E-state index contributed by atoms with van der Waals surface area (Å²) in [6.45, 7) is 5.97. The summed E-state index contributed by atoms with van der Waals surface area (Å²) in [4.78, 5) is 2.31. The SMILES string of the molecule is CCCCCn1cc2c3c(cccc31)C1=C[C@](C)(O)CN(C)[C@@H]1C2. The third-order valence-corrected chi connectivity index (χ3v) is 5.64. The summed E-state index contributed by atoms with van der Waals surface area (Å²) in [6.07, 6.45) is 9.31. The minimum absolute atomic E-state index is 0.384. The molecule has 0 fully saturated rings. The average molecular weight is 324 g/mol. The minimum atomic E-state index is -0.746. The molecule has 0 radical (unpaired) electrons. The van der Waals surface area contributed by atoms with Crippen molar-refractivity contribution in [2.24, 2.45) is 0 Å². The van der Waals surface area contributed by atoms with E-state index >= 15 is 0 Å². The largest absolute Gasteiger partial charge is 0.385 e. The molecule has 0 bridgehead atoms. The van der Waals surface area contributed by atoms with Crippen LogP contribution in [-0.4, -0.2) is 39.8 Å². The quantitative estimate of drug-likeness (QED) is 0.866. The van der Waals surface area contributed by atoms with E-state index in [1.165, 1.54) is 46.9 Å². The molecule has 1 aromatic carbocycles. The number of unbranched alkanes of at least 4 members (excludes halogenated alkanes) is 2. The molecule has 4 rings (SSSR count). The first-order chi connectivity index (χ1) is 11.5. The molecule has 1 aliphatic carbocycles. The van der Waals surface area contributed by atoms with Crippen LogP contribution < -0.4 is 0 Å². The molecule has 1 N–H and O–H groups in total. The molecule has 0 saturated carbocycles. The number of benzene rings is 1. The summed E-state index contributed by atoms with van der Waals surface area (Å²) in [5.74, 6) is 0. The van der Waals surface area contributed by atoms with E-state index in [1.807, 2.05) is 6.92 Å². The van der Waals surface area contributed by atoms with Crippen molar-refractivity contribution in [2.45, 2.75) is 57.7 Å². The second-order valence-electron chi connectivity index (χ2n) is 7.85. The minimum Gasteiger partial charge on any atom is -0.385 e. The lowest BCUT2D eigenvalue weighted by molar-refractivity contribution is 0.0543. The lowest BCUT2D eigenvalue weighted by Gasteiger charge is -2.42. The number of hydrogen-bond acceptors (Lipinski definition) is 2. The van der Waals surface area contributed by atoms with Gasteiger partial charge in [-0.1, -0.05) is 31.9 Å². The van der Waals surface area contributed by atoms with Gasteiger partial charge in [-0.3, -0.25) is 4.90 Å². The third-order valence-electron chi connectivity index (χ3n) is 5.64. The molecular weight excluding hydrogens is 296 g/mol. The zero-order valence-electron chi connectivity index (χ0n) is 15.0. The molecule has 1 aliphatic heterocycles. The van der Waals surface area contributed by atoms with Gasteiger partial charge in [0.1, 0.15) is 0 Å². The van der Waals surface area contributed by atoms with Crippen molar-refractivity contribution < 1.29 is 5.11 Å². The van der Waals surface area contributed by atoms with Crippen molar-refractivity contribution >= 4 is 16.5 Å². The van der Waals surface area contributed by atoms with Crippen LogP contribution in [0.25, 0.3) is 16.5 Å². The second kappa shape index (κ2) is 5.75. The molecule has 3 nitrogen and oxygen atoms in total. The van der Waals surface area contributed by atoms with Crippen molar-refractivity contribution in [3.63, 3.8) is 0 Å². The second-order valence-corrected chi connectivity index (χ2v) is 7.85. The molecule has 0 spiro atoms. The molecule has 3 heteroatoms. The number of aromatic nitrogens is 1. The van der Waals surface area contributed by atoms with Crippen LogP contribution in [-0.2, 0) is 13.0 Å². The molecule has 2 heterocycles. The maximum atomic E-state index is 10.6. The maximum Gasteiger partial charge on any atom is 0.0932 e. The van der Waals surface area contributed by atoms with Crippen LogP contribution in [0.3, 0.4) is 0 Å². The van der Waals surface area contributed by atoms with E-state index in [9.17, 15) is 5.11 Å². The normalized spacial score (nSPS) is 26.5. The summed E-state index contributed by atoms with van der Waals surface area (Å²) in [7, 11) is 2.13. The number of rotatable bonds is 4. The first-order valence-electron chi connectivity index (χ1n) is 9.26. The lowest BCUT2D eigenvalue weighted by Crippen LogP contribution is -2.49. The topological polar surface area (TPSA) is 28.4 Å². The Kier molecular flexibility index (Phi) is 3.81. The Morgan fingerprint density at radius 2 is 2.12 bits per heavy atom. The predicted octanol–water partition coefficient (Wildman–Crippen LogP) is 3.84. The summed E-state index contributed by atoms with van der Waals surface area (Å²) in [5.41, 5.74) is 4.70. The molecule has 0 saturated heterocycles. The van der Waals surface area contributed by atoms with Gasteiger partial charge in [0.2, 0.25) is 0 Å². The van der Waals surface area contributed by atoms with Crippen LogP contribution in [0, 0.1) is 0 Å². The Balaban J connectivity index is 1.83. The van der Waals surface area contributed by atoms with Gasteiger partial charge in [-0.2, -0.15) is 0 Å². The van der Waals surface area contributed by atoms with Gasteiger partial charge in [0.05, 0.1) is 5.60 Å². The Morgan fingerprint density at radius 3 is 2.92 bits per heavy atom. The van der Waals surface area contributed by atoms with Crippen LogP contribution >= 0.6 is 0 Å². The fourth-order valence-corrected chi connectivity index (χ4v) is 4.61. The Morgan fingerprint density at radius 1 is 1.29 bits per heavy atom. The number of aliphatic hydroxyl groups is 1. The summed E-state index contributed by atoms with van der Waals surface area (Å²) < 4.78 is 2.44. The highest BCUT2D eigenvalue weighted by molar-refractivity contribution is 5.98. The van der Waals surface area contributed by atoms with Gasteiger partial charge in [-0.25, -0.2) is 0 Å². The zero-order chi connectivity index (χ0) is 16.9. The van der Waals surface area contributed by atoms with Crippen LogP contribution in [0.1, 0.15) is 44.2 Å². The average Bonchev–Trinajstić information content (AvgIpc) is 2.88. The predicted molar refractivity (Wildman–Crippen MR) is 100 cm³/mol. The first kappa shape index (κ1) is 15.9. The van der Waals surface area contributed by atoms with Crippen molar-refractivity contribution in [1.82, 2.24) is 9.47 Å². The molecular formula is C21H28N2O. The fourth-order valence-electron chi connectivity index (χ4n) is 4.61. The number of hydrogen-bond donors (Lipinski definition) is 1. The number of fused-ring (bicyclic) bond motifs is 2. The van der Waals surface area contributed by atoms with E-state index in [-0.39, 0.29) is 0 Å². The van der Waals surface area contributed by atoms with Crippen molar-refractivity contribution in [3.8, 4) is 0 Å². The third kappa shape index (κ3) is 2.51. The fraction of sp³-hybridized carbons (Fsp3) is 0.524. The van der Waals surface area contributed by atoms with Gasteiger partial charge < -0.3 is 9.67 Å². The van der Waals surface area contributed by atoms with Crippen molar-refractivity contribution in [3.05, 3.63) is 41.6 Å². The monoisotopic (exact) mass is 324 g/mol. The van der Waals surface area contributed by atoms with Crippen molar-refractivity contribution in [2.75, 3.05) is 13.6 Å². The molecule has 128 valence electrons. The molecule has 24 heavy (non-hydrogen) atoms. The number of likely N-dealkylation sites (N-methyl/N-ethyl adjacent to an activating group) is 1. The van der Waals surface area contributed by atoms with Crippen LogP contribution in [0.15, 0.2) is 30.5 Å². The van der Waals surface area contributed by atoms with Crippen LogP contribution in [0.2, 0.25) is 0 Å². The molecule has 2 aromatic rings. The zero-order valence-corrected chi connectivity index (χ0v) is 15.0. The molecule has 1 aromatic heterocycles. The van der Waals surface area contributed by atoms with Gasteiger partial charge >= 0.3 is 0 Å². The molecule has 2 aliphatic rings.